The monoisotopic (exact) mass is 287 g/mol. The molecule has 0 fully saturated rings. The molecule has 0 aliphatic heterocycles. The summed E-state index contributed by atoms with van der Waals surface area (Å²) in [6.07, 6.45) is -4.46. The van der Waals surface area contributed by atoms with Gasteiger partial charge in [0.15, 0.2) is 5.76 Å². The molecule has 0 unspecified atom stereocenters. The Hall–Kier alpha value is -2.02. The number of hydrogen-bond acceptors (Lipinski definition) is 3. The van der Waals surface area contributed by atoms with Crippen LogP contribution in [0.4, 0.5) is 13.2 Å². The normalized spacial score (nSPS) is 11.9. The van der Waals surface area contributed by atoms with E-state index in [9.17, 15) is 18.0 Å². The molecule has 0 aliphatic rings. The molecule has 2 rings (SSSR count). The number of aryl methyl sites for hydroxylation is 1. The first-order chi connectivity index (χ1) is 9.25. The van der Waals surface area contributed by atoms with Crippen molar-refractivity contribution < 1.29 is 27.2 Å². The molecule has 7 heteroatoms. The second-order valence-electron chi connectivity index (χ2n) is 4.25. The lowest BCUT2D eigenvalue weighted by molar-refractivity contribution is -0.137. The molecule has 0 spiro atoms. The second kappa shape index (κ2) is 4.82. The number of benzene rings is 1. The van der Waals surface area contributed by atoms with Gasteiger partial charge in [-0.1, -0.05) is 6.07 Å². The highest BCUT2D eigenvalue weighted by Crippen LogP contribution is 2.34. The molecule has 0 radical (unpaired) electrons. The first-order valence-electron chi connectivity index (χ1n) is 5.68. The Kier molecular flexibility index (Phi) is 3.47. The average Bonchev–Trinajstić information content (AvgIpc) is 2.73. The van der Waals surface area contributed by atoms with E-state index in [0.29, 0.717) is 10.9 Å². The third-order valence-electron chi connectivity index (χ3n) is 3.02. The summed E-state index contributed by atoms with van der Waals surface area (Å²) in [6.45, 7) is 1.61. The summed E-state index contributed by atoms with van der Waals surface area (Å²) in [7, 11) is 2.69. The van der Waals surface area contributed by atoms with Crippen LogP contribution in [0.15, 0.2) is 22.6 Å². The van der Waals surface area contributed by atoms with E-state index in [0.717, 1.165) is 17.2 Å². The number of furan rings is 1. The Bertz CT molecular complexity index is 661. The van der Waals surface area contributed by atoms with Gasteiger partial charge in [-0.2, -0.15) is 13.2 Å². The lowest BCUT2D eigenvalue weighted by atomic mass is 10.1. The van der Waals surface area contributed by atoms with E-state index in [4.69, 9.17) is 9.25 Å². The van der Waals surface area contributed by atoms with Crippen molar-refractivity contribution in [3.63, 3.8) is 0 Å². The molecule has 1 amide bonds. The van der Waals surface area contributed by atoms with Crippen LogP contribution in [0.3, 0.4) is 0 Å². The van der Waals surface area contributed by atoms with Crippen LogP contribution in [0.25, 0.3) is 11.0 Å². The molecule has 1 aromatic heterocycles. The molecule has 2 aromatic rings. The van der Waals surface area contributed by atoms with Crippen molar-refractivity contribution in [2.75, 3.05) is 14.2 Å². The predicted octanol–water partition coefficient (Wildman–Crippen LogP) is 3.39. The Labute approximate surface area is 112 Å². The van der Waals surface area contributed by atoms with Crippen molar-refractivity contribution in [3.05, 3.63) is 35.1 Å². The Morgan fingerprint density at radius 2 is 2.00 bits per heavy atom. The van der Waals surface area contributed by atoms with Gasteiger partial charge in [0.05, 0.1) is 12.7 Å². The van der Waals surface area contributed by atoms with E-state index in [2.05, 4.69) is 0 Å². The van der Waals surface area contributed by atoms with E-state index >= 15 is 0 Å². The number of carbonyl (C=O) groups is 1. The van der Waals surface area contributed by atoms with Gasteiger partial charge in [0.1, 0.15) is 5.58 Å². The van der Waals surface area contributed by atoms with Crippen LogP contribution in [0.5, 0.6) is 0 Å². The van der Waals surface area contributed by atoms with Gasteiger partial charge in [-0.05, 0) is 19.1 Å². The average molecular weight is 287 g/mol. The highest BCUT2D eigenvalue weighted by Gasteiger charge is 2.31. The van der Waals surface area contributed by atoms with Gasteiger partial charge in [0.2, 0.25) is 0 Å². The minimum absolute atomic E-state index is 0.0187. The molecule has 0 bridgehead atoms. The van der Waals surface area contributed by atoms with Crippen LogP contribution in [-0.4, -0.2) is 25.1 Å². The smallest absolute Gasteiger partial charge is 0.416 e. The molecule has 1 heterocycles. The van der Waals surface area contributed by atoms with E-state index in [1.807, 2.05) is 0 Å². The molecule has 0 atom stereocenters. The maximum absolute atomic E-state index is 12.6. The fraction of sp³-hybridized carbons (Fsp3) is 0.308. The Morgan fingerprint density at radius 3 is 2.55 bits per heavy atom. The van der Waals surface area contributed by atoms with Gasteiger partial charge in [-0.15, -0.1) is 0 Å². The number of nitrogens with zero attached hydrogens (tertiary/aromatic N) is 1. The maximum atomic E-state index is 12.6. The van der Waals surface area contributed by atoms with Crippen LogP contribution in [0.2, 0.25) is 0 Å². The zero-order valence-electron chi connectivity index (χ0n) is 11.0. The van der Waals surface area contributed by atoms with Gasteiger partial charge >= 0.3 is 12.1 Å². The number of fused-ring (bicyclic) bond motifs is 1. The summed E-state index contributed by atoms with van der Waals surface area (Å²) < 4.78 is 43.1. The van der Waals surface area contributed by atoms with Crippen molar-refractivity contribution in [2.45, 2.75) is 13.1 Å². The highest BCUT2D eigenvalue weighted by molar-refractivity contribution is 5.98. The molecule has 4 nitrogen and oxygen atoms in total. The molecule has 20 heavy (non-hydrogen) atoms. The molecule has 0 N–H and O–H groups in total. The van der Waals surface area contributed by atoms with Gasteiger partial charge in [-0.3, -0.25) is 9.63 Å². The molecule has 0 aliphatic carbocycles. The number of hydroxylamine groups is 2. The molecule has 0 saturated carbocycles. The summed E-state index contributed by atoms with van der Waals surface area (Å²) >= 11 is 0. The number of amides is 1. The maximum Gasteiger partial charge on any atom is 0.416 e. The van der Waals surface area contributed by atoms with Crippen LogP contribution in [0.1, 0.15) is 21.7 Å². The molecule has 1 aromatic carbocycles. The number of carbonyl (C=O) groups excluding carboxylic acids is 1. The van der Waals surface area contributed by atoms with Crippen molar-refractivity contribution in [1.29, 1.82) is 0 Å². The minimum Gasteiger partial charge on any atom is -0.451 e. The zero-order valence-corrected chi connectivity index (χ0v) is 11.0. The number of alkyl halides is 3. The third-order valence-corrected chi connectivity index (χ3v) is 3.02. The van der Waals surface area contributed by atoms with Crippen LogP contribution < -0.4 is 0 Å². The van der Waals surface area contributed by atoms with Crippen molar-refractivity contribution in [1.82, 2.24) is 5.06 Å². The third kappa shape index (κ3) is 2.36. The standard InChI is InChI=1S/C13H12F3NO3/c1-7-9-5-4-8(13(14,15)16)6-10(9)20-11(7)12(18)17(2)19-3/h4-6H,1-3H3. The lowest BCUT2D eigenvalue weighted by Crippen LogP contribution is -2.25. The summed E-state index contributed by atoms with van der Waals surface area (Å²) in [6, 6.07) is 3.13. The number of rotatable bonds is 2. The molecular formula is C13H12F3NO3. The minimum atomic E-state index is -4.46. The Morgan fingerprint density at radius 1 is 1.35 bits per heavy atom. The lowest BCUT2D eigenvalue weighted by Gasteiger charge is -2.11. The first-order valence-corrected chi connectivity index (χ1v) is 5.68. The zero-order chi connectivity index (χ0) is 15.1. The fourth-order valence-electron chi connectivity index (χ4n) is 1.83. The van der Waals surface area contributed by atoms with Gasteiger partial charge in [-0.25, -0.2) is 5.06 Å². The number of halogens is 3. The topological polar surface area (TPSA) is 42.7 Å². The fourth-order valence-corrected chi connectivity index (χ4v) is 1.83. The number of hydrogen-bond donors (Lipinski definition) is 0. The van der Waals surface area contributed by atoms with E-state index in [1.54, 1.807) is 6.92 Å². The molecule has 108 valence electrons. The Balaban J connectivity index is 2.55. The van der Waals surface area contributed by atoms with Crippen molar-refractivity contribution in [2.24, 2.45) is 0 Å². The van der Waals surface area contributed by atoms with Crippen LogP contribution in [-0.2, 0) is 11.0 Å². The van der Waals surface area contributed by atoms with Crippen LogP contribution >= 0.6 is 0 Å². The quantitative estimate of drug-likeness (QED) is 0.795. The van der Waals surface area contributed by atoms with Crippen molar-refractivity contribution in [3.8, 4) is 0 Å². The molecule has 0 saturated heterocycles. The van der Waals surface area contributed by atoms with Crippen molar-refractivity contribution >= 4 is 16.9 Å². The van der Waals surface area contributed by atoms with E-state index < -0.39 is 17.6 Å². The molecular weight excluding hydrogens is 275 g/mol. The van der Waals surface area contributed by atoms with Gasteiger partial charge in [0.25, 0.3) is 0 Å². The van der Waals surface area contributed by atoms with E-state index in [1.165, 1.54) is 20.2 Å². The van der Waals surface area contributed by atoms with E-state index in [-0.39, 0.29) is 11.3 Å². The summed E-state index contributed by atoms with van der Waals surface area (Å²) in [5.74, 6) is -0.599. The predicted molar refractivity (Wildman–Crippen MR) is 65.1 cm³/mol. The van der Waals surface area contributed by atoms with Gasteiger partial charge < -0.3 is 4.42 Å². The first kappa shape index (κ1) is 14.4. The second-order valence-corrected chi connectivity index (χ2v) is 4.25. The SMILES string of the molecule is CON(C)C(=O)c1oc2cc(C(F)(F)F)ccc2c1C. The largest absolute Gasteiger partial charge is 0.451 e. The summed E-state index contributed by atoms with van der Waals surface area (Å²) in [5.41, 5.74) is -0.328. The van der Waals surface area contributed by atoms with Gasteiger partial charge in [0, 0.05) is 18.0 Å². The highest BCUT2D eigenvalue weighted by atomic mass is 19.4. The van der Waals surface area contributed by atoms with Crippen LogP contribution in [0, 0.1) is 6.92 Å². The summed E-state index contributed by atoms with van der Waals surface area (Å²) in [4.78, 5) is 16.7. The summed E-state index contributed by atoms with van der Waals surface area (Å²) in [5, 5.41) is 1.40.